The Labute approximate surface area is 147 Å². The van der Waals surface area contributed by atoms with Crippen molar-refractivity contribution in [2.24, 2.45) is 0 Å². The second-order valence-electron chi connectivity index (χ2n) is 5.26. The number of nitrogens with zero attached hydrogens (tertiary/aromatic N) is 1. The summed E-state index contributed by atoms with van der Waals surface area (Å²) in [5.74, 6) is -0.244. The maximum Gasteiger partial charge on any atom is 0.216 e. The first kappa shape index (κ1) is 24.2. The van der Waals surface area contributed by atoms with E-state index in [1.54, 1.807) is 20.9 Å². The van der Waals surface area contributed by atoms with E-state index < -0.39 is 11.8 Å². The number of ether oxygens (including phenoxy) is 2. The molecule has 0 aromatic heterocycles. The summed E-state index contributed by atoms with van der Waals surface area (Å²) >= 11 is 0. The molecular weight excluding hydrogens is 461 g/mol. The van der Waals surface area contributed by atoms with Gasteiger partial charge in [-0.3, -0.25) is 4.79 Å². The number of rotatable bonds is 13. The molecule has 0 aromatic carbocycles. The van der Waals surface area contributed by atoms with E-state index in [-0.39, 0.29) is 33.5 Å². The molecule has 22 heavy (non-hydrogen) atoms. The SMILES string of the molecule is C[N-]CCOCCNCCOC(C)(C)C(F)CNC(C)=O.[W]. The quantitative estimate of drug-likeness (QED) is 0.376. The smallest absolute Gasteiger partial charge is 0.216 e. The van der Waals surface area contributed by atoms with E-state index in [1.807, 2.05) is 0 Å². The van der Waals surface area contributed by atoms with E-state index in [2.05, 4.69) is 16.0 Å². The molecule has 0 aliphatic rings. The van der Waals surface area contributed by atoms with Crippen LogP contribution >= 0.6 is 0 Å². The van der Waals surface area contributed by atoms with Crippen molar-refractivity contribution in [3.8, 4) is 0 Å². The molecule has 0 heterocycles. The Morgan fingerprint density at radius 2 is 1.91 bits per heavy atom. The molecule has 2 N–H and O–H groups in total. The first-order valence-corrected chi connectivity index (χ1v) is 7.26. The number of amides is 1. The minimum Gasteiger partial charge on any atom is -0.663 e. The van der Waals surface area contributed by atoms with Gasteiger partial charge in [-0.2, -0.15) is 7.05 Å². The maximum atomic E-state index is 13.9. The number of carbonyl (C=O) groups excluding carboxylic acids is 1. The fraction of sp³-hybridized carbons (Fsp3) is 0.929. The average molecular weight is 490 g/mol. The van der Waals surface area contributed by atoms with Crippen molar-refractivity contribution < 1.29 is 39.7 Å². The Hall–Kier alpha value is -0.0717. The van der Waals surface area contributed by atoms with Crippen LogP contribution in [0.2, 0.25) is 0 Å². The zero-order valence-corrected chi connectivity index (χ0v) is 16.9. The van der Waals surface area contributed by atoms with Crippen LogP contribution in [0.3, 0.4) is 0 Å². The standard InChI is InChI=1S/C14H29FN3O3.W/c1-12(19)18-11-13(15)14(2,3)21-10-7-17-6-9-20-8-5-16-4;/h13,17H,5-11H2,1-4H3,(H,18,19);/q-1;. The summed E-state index contributed by atoms with van der Waals surface area (Å²) in [6.07, 6.45) is -1.25. The Kier molecular flexibility index (Phi) is 16.0. The Morgan fingerprint density at radius 3 is 2.50 bits per heavy atom. The van der Waals surface area contributed by atoms with Crippen molar-refractivity contribution in [3.63, 3.8) is 0 Å². The Balaban J connectivity index is 0. The summed E-state index contributed by atoms with van der Waals surface area (Å²) < 4.78 is 24.7. The molecule has 0 saturated carbocycles. The van der Waals surface area contributed by atoms with Gasteiger partial charge in [-0.15, -0.1) is 6.54 Å². The van der Waals surface area contributed by atoms with Crippen LogP contribution in [-0.2, 0) is 35.3 Å². The van der Waals surface area contributed by atoms with Crippen LogP contribution in [0.25, 0.3) is 5.32 Å². The van der Waals surface area contributed by atoms with E-state index in [4.69, 9.17) is 9.47 Å². The van der Waals surface area contributed by atoms with Crippen LogP contribution in [-0.4, -0.2) is 70.7 Å². The first-order valence-electron chi connectivity index (χ1n) is 7.26. The van der Waals surface area contributed by atoms with Crippen molar-refractivity contribution in [2.75, 3.05) is 53.0 Å². The van der Waals surface area contributed by atoms with Gasteiger partial charge in [0.05, 0.1) is 25.4 Å². The number of alkyl halides is 1. The third-order valence-electron chi connectivity index (χ3n) is 2.92. The van der Waals surface area contributed by atoms with Gasteiger partial charge >= 0.3 is 0 Å². The molecule has 1 unspecified atom stereocenters. The van der Waals surface area contributed by atoms with Crippen molar-refractivity contribution in [3.05, 3.63) is 5.32 Å². The summed E-state index contributed by atoms with van der Waals surface area (Å²) in [4.78, 5) is 10.8. The van der Waals surface area contributed by atoms with Crippen LogP contribution < -0.4 is 10.6 Å². The monoisotopic (exact) mass is 490 g/mol. The molecular formula is C14H29FN3O3W-. The fourth-order valence-electron chi connectivity index (χ4n) is 1.48. The van der Waals surface area contributed by atoms with Gasteiger partial charge < -0.3 is 25.4 Å². The van der Waals surface area contributed by atoms with Crippen molar-refractivity contribution >= 4 is 5.91 Å². The van der Waals surface area contributed by atoms with Crippen LogP contribution in [0.5, 0.6) is 0 Å². The summed E-state index contributed by atoms with van der Waals surface area (Å²) in [7, 11) is 1.75. The van der Waals surface area contributed by atoms with Gasteiger partial charge in [0.25, 0.3) is 0 Å². The minimum atomic E-state index is -1.25. The summed E-state index contributed by atoms with van der Waals surface area (Å²) in [6.45, 7) is 8.39. The molecule has 0 radical (unpaired) electrons. The molecule has 8 heteroatoms. The Bertz CT molecular complexity index is 284. The molecule has 0 aromatic rings. The number of hydrogen-bond acceptors (Lipinski definition) is 4. The predicted molar refractivity (Wildman–Crippen MR) is 81.4 cm³/mol. The van der Waals surface area contributed by atoms with Crippen molar-refractivity contribution in [1.29, 1.82) is 0 Å². The first-order chi connectivity index (χ1) is 9.90. The second-order valence-corrected chi connectivity index (χ2v) is 5.26. The number of carbonyl (C=O) groups is 1. The molecule has 0 bridgehead atoms. The van der Waals surface area contributed by atoms with E-state index in [0.717, 1.165) is 6.54 Å². The fourth-order valence-corrected chi connectivity index (χ4v) is 1.48. The van der Waals surface area contributed by atoms with E-state index >= 15 is 0 Å². The van der Waals surface area contributed by atoms with Crippen LogP contribution in [0, 0.1) is 0 Å². The molecule has 0 saturated heterocycles. The molecule has 1 amide bonds. The van der Waals surface area contributed by atoms with Crippen LogP contribution in [0.1, 0.15) is 20.8 Å². The van der Waals surface area contributed by atoms with E-state index in [0.29, 0.717) is 32.9 Å². The molecule has 0 aliphatic carbocycles. The van der Waals surface area contributed by atoms with Gasteiger partial charge in [-0.1, -0.05) is 0 Å². The summed E-state index contributed by atoms with van der Waals surface area (Å²) in [5, 5.41) is 9.53. The maximum absolute atomic E-state index is 13.9. The third kappa shape index (κ3) is 13.6. The summed E-state index contributed by atoms with van der Waals surface area (Å²) in [6, 6.07) is 0. The normalized spacial score (nSPS) is 12.6. The number of nitrogens with one attached hydrogen (secondary N) is 2. The van der Waals surface area contributed by atoms with Gasteiger partial charge in [0.15, 0.2) is 0 Å². The molecule has 1 atom stereocenters. The van der Waals surface area contributed by atoms with Gasteiger partial charge in [0, 0.05) is 47.7 Å². The van der Waals surface area contributed by atoms with E-state index in [9.17, 15) is 9.18 Å². The van der Waals surface area contributed by atoms with E-state index in [1.165, 1.54) is 6.92 Å². The minimum absolute atomic E-state index is 0. The number of likely N-dealkylation sites (N-methyl/N-ethyl adjacent to an activating group) is 1. The number of hydrogen-bond donors (Lipinski definition) is 2. The van der Waals surface area contributed by atoms with Crippen LogP contribution in [0.15, 0.2) is 0 Å². The molecule has 0 fully saturated rings. The van der Waals surface area contributed by atoms with Crippen LogP contribution in [0.4, 0.5) is 4.39 Å². The predicted octanol–water partition coefficient (Wildman–Crippen LogP) is 0.863. The van der Waals surface area contributed by atoms with Gasteiger partial charge in [-0.25, -0.2) is 4.39 Å². The van der Waals surface area contributed by atoms with Crippen molar-refractivity contribution in [2.45, 2.75) is 32.5 Å². The molecule has 0 rings (SSSR count). The van der Waals surface area contributed by atoms with Gasteiger partial charge in [0.2, 0.25) is 5.91 Å². The number of halogens is 1. The second kappa shape index (κ2) is 14.5. The average Bonchev–Trinajstić information content (AvgIpc) is 2.42. The third-order valence-corrected chi connectivity index (χ3v) is 2.92. The molecule has 6 nitrogen and oxygen atoms in total. The largest absolute Gasteiger partial charge is 0.663 e. The Morgan fingerprint density at radius 1 is 1.27 bits per heavy atom. The topological polar surface area (TPSA) is 73.7 Å². The van der Waals surface area contributed by atoms with Crippen molar-refractivity contribution in [1.82, 2.24) is 10.6 Å². The van der Waals surface area contributed by atoms with Gasteiger partial charge in [-0.05, 0) is 13.8 Å². The molecule has 132 valence electrons. The molecule has 0 spiro atoms. The summed E-state index contributed by atoms with van der Waals surface area (Å²) in [5.41, 5.74) is -0.927. The molecule has 0 aliphatic heterocycles. The van der Waals surface area contributed by atoms with Gasteiger partial charge in [0.1, 0.15) is 6.17 Å². The zero-order chi connectivity index (χ0) is 16.1. The zero-order valence-electron chi connectivity index (χ0n) is 14.0.